The molecule has 256 valence electrons. The van der Waals surface area contributed by atoms with Gasteiger partial charge in [-0.15, -0.1) is 0 Å². The summed E-state index contributed by atoms with van der Waals surface area (Å²) in [5, 5.41) is 9.16. The van der Waals surface area contributed by atoms with Crippen LogP contribution in [0.15, 0.2) is 192 Å². The standard InChI is InChI=1S/C51H31N3O/c1-2-9-32(10-3-1)36-21-22-38-28-40(25-23-37(38)27-36)50-52-49(35-19-17-34(18-20-35)44-15-8-12-33-11-4-5-13-43(33)44)53-51(54-50)41-26-24-39-30-46-45-14-6-7-16-47(45)55-48(46)31-42(39)29-41/h1-31H. The van der Waals surface area contributed by atoms with Gasteiger partial charge in [-0.25, -0.2) is 15.0 Å². The topological polar surface area (TPSA) is 51.8 Å². The summed E-state index contributed by atoms with van der Waals surface area (Å²) in [7, 11) is 0. The van der Waals surface area contributed by atoms with Crippen molar-refractivity contribution in [1.29, 1.82) is 0 Å². The first kappa shape index (κ1) is 31.1. The fraction of sp³-hybridized carbons (Fsp3) is 0. The van der Waals surface area contributed by atoms with Gasteiger partial charge in [0.2, 0.25) is 0 Å². The third kappa shape index (κ3) is 5.51. The van der Waals surface area contributed by atoms with E-state index in [0.29, 0.717) is 17.5 Å². The van der Waals surface area contributed by atoms with Gasteiger partial charge in [0.1, 0.15) is 11.2 Å². The lowest BCUT2D eigenvalue weighted by Crippen LogP contribution is -2.00. The van der Waals surface area contributed by atoms with Gasteiger partial charge in [-0.1, -0.05) is 152 Å². The summed E-state index contributed by atoms with van der Waals surface area (Å²) < 4.78 is 6.25. The van der Waals surface area contributed by atoms with E-state index in [1.54, 1.807) is 0 Å². The number of para-hydroxylation sites is 1. The molecule has 0 unspecified atom stereocenters. The highest BCUT2D eigenvalue weighted by Crippen LogP contribution is 2.35. The molecule has 0 atom stereocenters. The Balaban J connectivity index is 1.04. The molecule has 2 aromatic heterocycles. The smallest absolute Gasteiger partial charge is 0.164 e. The van der Waals surface area contributed by atoms with E-state index >= 15 is 0 Å². The van der Waals surface area contributed by atoms with E-state index in [-0.39, 0.29) is 0 Å². The molecule has 55 heavy (non-hydrogen) atoms. The molecule has 0 aliphatic carbocycles. The van der Waals surface area contributed by atoms with Crippen molar-refractivity contribution in [3.05, 3.63) is 188 Å². The molecule has 9 aromatic carbocycles. The lowest BCUT2D eigenvalue weighted by molar-refractivity contribution is 0.669. The number of hydrogen-bond acceptors (Lipinski definition) is 4. The fourth-order valence-corrected chi connectivity index (χ4v) is 7.84. The second kappa shape index (κ2) is 12.6. The van der Waals surface area contributed by atoms with Gasteiger partial charge in [-0.05, 0) is 91.0 Å². The van der Waals surface area contributed by atoms with Crippen molar-refractivity contribution in [2.45, 2.75) is 0 Å². The molecule has 0 amide bonds. The Labute approximate surface area is 317 Å². The molecule has 11 rings (SSSR count). The van der Waals surface area contributed by atoms with Crippen LogP contribution in [0.2, 0.25) is 0 Å². The molecule has 11 aromatic rings. The number of rotatable bonds is 5. The summed E-state index contributed by atoms with van der Waals surface area (Å²) >= 11 is 0. The van der Waals surface area contributed by atoms with E-state index in [4.69, 9.17) is 19.4 Å². The van der Waals surface area contributed by atoms with Gasteiger partial charge >= 0.3 is 0 Å². The molecular weight excluding hydrogens is 671 g/mol. The van der Waals surface area contributed by atoms with Gasteiger partial charge in [-0.2, -0.15) is 0 Å². The Morgan fingerprint density at radius 2 is 0.818 bits per heavy atom. The largest absolute Gasteiger partial charge is 0.456 e. The Morgan fingerprint density at radius 3 is 1.58 bits per heavy atom. The van der Waals surface area contributed by atoms with Gasteiger partial charge in [0.05, 0.1) is 0 Å². The van der Waals surface area contributed by atoms with Gasteiger partial charge < -0.3 is 4.42 Å². The van der Waals surface area contributed by atoms with Crippen LogP contribution >= 0.6 is 0 Å². The first-order valence-electron chi connectivity index (χ1n) is 18.5. The molecule has 2 heterocycles. The van der Waals surface area contributed by atoms with Crippen molar-refractivity contribution >= 4 is 54.3 Å². The molecule has 0 fully saturated rings. The highest BCUT2D eigenvalue weighted by atomic mass is 16.3. The van der Waals surface area contributed by atoms with Crippen molar-refractivity contribution < 1.29 is 4.42 Å². The van der Waals surface area contributed by atoms with E-state index in [1.807, 2.05) is 18.2 Å². The van der Waals surface area contributed by atoms with Crippen LogP contribution < -0.4 is 0 Å². The summed E-state index contributed by atoms with van der Waals surface area (Å²) in [5.41, 5.74) is 9.24. The van der Waals surface area contributed by atoms with Crippen LogP contribution in [0.25, 0.3) is 111 Å². The number of hydrogen-bond donors (Lipinski definition) is 0. The van der Waals surface area contributed by atoms with Crippen molar-refractivity contribution in [3.63, 3.8) is 0 Å². The highest BCUT2D eigenvalue weighted by Gasteiger charge is 2.15. The molecule has 0 saturated carbocycles. The zero-order chi connectivity index (χ0) is 36.3. The number of furan rings is 1. The molecule has 0 radical (unpaired) electrons. The second-order valence-corrected chi connectivity index (χ2v) is 14.1. The van der Waals surface area contributed by atoms with Gasteiger partial charge in [0.15, 0.2) is 17.5 Å². The Bertz CT molecular complexity index is 3250. The van der Waals surface area contributed by atoms with Crippen LogP contribution in [0.5, 0.6) is 0 Å². The van der Waals surface area contributed by atoms with E-state index in [0.717, 1.165) is 65.7 Å². The third-order valence-corrected chi connectivity index (χ3v) is 10.7. The molecule has 0 saturated heterocycles. The van der Waals surface area contributed by atoms with Crippen molar-refractivity contribution in [2.75, 3.05) is 0 Å². The summed E-state index contributed by atoms with van der Waals surface area (Å²) in [6.07, 6.45) is 0. The SMILES string of the molecule is c1ccc(-c2ccc3cc(-c4nc(-c5ccc(-c6cccc7ccccc67)cc5)nc(-c5ccc6cc7c(cc6c5)oc5ccccc57)n4)ccc3c2)cc1. The predicted octanol–water partition coefficient (Wildman–Crippen LogP) is 13.6. The van der Waals surface area contributed by atoms with E-state index in [2.05, 4.69) is 170 Å². The highest BCUT2D eigenvalue weighted by molar-refractivity contribution is 6.10. The second-order valence-electron chi connectivity index (χ2n) is 14.1. The quantitative estimate of drug-likeness (QED) is 0.179. The Hall–Kier alpha value is -7.43. The summed E-state index contributed by atoms with van der Waals surface area (Å²) in [6, 6.07) is 66.0. The minimum atomic E-state index is 0.615. The van der Waals surface area contributed by atoms with Gasteiger partial charge in [0.25, 0.3) is 0 Å². The average Bonchev–Trinajstić information content (AvgIpc) is 3.62. The Kier molecular flexibility index (Phi) is 7.14. The molecule has 0 bridgehead atoms. The fourth-order valence-electron chi connectivity index (χ4n) is 7.84. The van der Waals surface area contributed by atoms with E-state index in [1.165, 1.54) is 27.5 Å². The lowest BCUT2D eigenvalue weighted by atomic mass is 9.97. The minimum absolute atomic E-state index is 0.615. The average molecular weight is 702 g/mol. The maximum Gasteiger partial charge on any atom is 0.164 e. The zero-order valence-electron chi connectivity index (χ0n) is 29.6. The molecule has 4 heteroatoms. The predicted molar refractivity (Wildman–Crippen MR) is 227 cm³/mol. The van der Waals surface area contributed by atoms with Crippen LogP contribution in [-0.2, 0) is 0 Å². The van der Waals surface area contributed by atoms with Gasteiger partial charge in [-0.3, -0.25) is 0 Å². The molecular formula is C51H31N3O. The minimum Gasteiger partial charge on any atom is -0.456 e. The van der Waals surface area contributed by atoms with Crippen LogP contribution in [0.4, 0.5) is 0 Å². The van der Waals surface area contributed by atoms with E-state index in [9.17, 15) is 0 Å². The van der Waals surface area contributed by atoms with Crippen molar-refractivity contribution in [1.82, 2.24) is 15.0 Å². The van der Waals surface area contributed by atoms with Crippen molar-refractivity contribution in [3.8, 4) is 56.4 Å². The number of fused-ring (bicyclic) bond motifs is 6. The third-order valence-electron chi connectivity index (χ3n) is 10.7. The normalized spacial score (nSPS) is 11.6. The zero-order valence-corrected chi connectivity index (χ0v) is 29.6. The molecule has 0 spiro atoms. The monoisotopic (exact) mass is 701 g/mol. The van der Waals surface area contributed by atoms with Crippen LogP contribution in [0.3, 0.4) is 0 Å². The maximum absolute atomic E-state index is 6.25. The summed E-state index contributed by atoms with van der Waals surface area (Å²) in [5.74, 6) is 1.86. The summed E-state index contributed by atoms with van der Waals surface area (Å²) in [4.78, 5) is 15.4. The Morgan fingerprint density at radius 1 is 0.273 bits per heavy atom. The van der Waals surface area contributed by atoms with Crippen LogP contribution in [-0.4, -0.2) is 15.0 Å². The van der Waals surface area contributed by atoms with Gasteiger partial charge in [0, 0.05) is 27.5 Å². The van der Waals surface area contributed by atoms with Crippen LogP contribution in [0.1, 0.15) is 0 Å². The van der Waals surface area contributed by atoms with Crippen LogP contribution in [0, 0.1) is 0 Å². The molecule has 0 aliphatic rings. The number of benzene rings is 9. The number of aromatic nitrogens is 3. The molecule has 4 nitrogen and oxygen atoms in total. The van der Waals surface area contributed by atoms with E-state index < -0.39 is 0 Å². The summed E-state index contributed by atoms with van der Waals surface area (Å²) in [6.45, 7) is 0. The van der Waals surface area contributed by atoms with Crippen molar-refractivity contribution in [2.24, 2.45) is 0 Å². The lowest BCUT2D eigenvalue weighted by Gasteiger charge is -2.11. The molecule has 0 N–H and O–H groups in total. The number of nitrogens with zero attached hydrogens (tertiary/aromatic N) is 3. The molecule has 0 aliphatic heterocycles. The first-order valence-corrected chi connectivity index (χ1v) is 18.5. The maximum atomic E-state index is 6.25. The first-order chi connectivity index (χ1) is 27.2.